The first-order valence-corrected chi connectivity index (χ1v) is 12.3. The van der Waals surface area contributed by atoms with Crippen molar-refractivity contribution in [1.82, 2.24) is 9.88 Å². The highest BCUT2D eigenvalue weighted by Gasteiger charge is 2.45. The van der Waals surface area contributed by atoms with Gasteiger partial charge in [0, 0.05) is 30.0 Å². The Kier molecular flexibility index (Phi) is 7.12. The third-order valence-corrected chi connectivity index (χ3v) is 7.36. The number of nitrogens with one attached hydrogen (secondary N) is 1. The highest BCUT2D eigenvalue weighted by molar-refractivity contribution is 6.42. The molecule has 1 aromatic heterocycles. The largest absolute Gasteiger partial charge is 0.353 e. The number of anilines is 1. The maximum absolute atomic E-state index is 14.7. The molecule has 184 valence electrons. The van der Waals surface area contributed by atoms with Crippen LogP contribution in [0.5, 0.6) is 0 Å². The number of carbonyl (C=O) groups is 1. The minimum atomic E-state index is -0.693. The fourth-order valence-electron chi connectivity index (χ4n) is 5.03. The van der Waals surface area contributed by atoms with Crippen LogP contribution in [-0.2, 0) is 15.9 Å². The Labute approximate surface area is 211 Å². The first-order valence-electron chi connectivity index (χ1n) is 11.6. The van der Waals surface area contributed by atoms with Crippen LogP contribution in [0, 0.1) is 23.6 Å². The monoisotopic (exact) mass is 521 g/mol. The smallest absolute Gasteiger partial charge is 0.322 e. The molecule has 2 aromatic rings. The van der Waals surface area contributed by atoms with Gasteiger partial charge in [0.25, 0.3) is 0 Å². The van der Waals surface area contributed by atoms with Crippen molar-refractivity contribution in [2.75, 3.05) is 18.5 Å². The van der Waals surface area contributed by atoms with Crippen molar-refractivity contribution in [3.63, 3.8) is 0 Å². The van der Waals surface area contributed by atoms with E-state index in [1.165, 1.54) is 12.3 Å². The number of hydrogen-bond acceptors (Lipinski definition) is 4. The topological polar surface area (TPSA) is 63.7 Å². The second-order valence-corrected chi connectivity index (χ2v) is 9.61. The van der Waals surface area contributed by atoms with Crippen molar-refractivity contribution in [2.45, 2.75) is 56.9 Å². The number of rotatable bonds is 3. The molecule has 1 unspecified atom stereocenters. The first kappa shape index (κ1) is 24.3. The average molecular weight is 522 g/mol. The molecule has 3 aliphatic rings. The van der Waals surface area contributed by atoms with Crippen molar-refractivity contribution < 1.29 is 23.0 Å². The summed E-state index contributed by atoms with van der Waals surface area (Å²) in [5.41, 5.74) is 1.61. The molecule has 5 rings (SSSR count). The maximum atomic E-state index is 14.7. The van der Waals surface area contributed by atoms with Crippen LogP contribution in [0.1, 0.15) is 54.8 Å². The Morgan fingerprint density at radius 3 is 2.86 bits per heavy atom. The fraction of sp³-hybridized carbons (Fsp3) is 0.440. The van der Waals surface area contributed by atoms with Gasteiger partial charge in [-0.15, -0.1) is 0 Å². The van der Waals surface area contributed by atoms with E-state index in [4.69, 9.17) is 32.7 Å². The molecule has 0 radical (unpaired) electrons. The third-order valence-electron chi connectivity index (χ3n) is 6.64. The molecule has 2 fully saturated rings. The van der Waals surface area contributed by atoms with Crippen LogP contribution in [0.25, 0.3) is 0 Å². The molecule has 3 atom stereocenters. The number of ether oxygens (including phenoxy) is 2. The summed E-state index contributed by atoms with van der Waals surface area (Å²) in [5, 5.41) is 2.77. The Morgan fingerprint density at radius 1 is 1.23 bits per heavy atom. The molecule has 1 N–H and O–H groups in total. The minimum absolute atomic E-state index is 0.0550. The third kappa shape index (κ3) is 4.96. The van der Waals surface area contributed by atoms with E-state index in [1.54, 1.807) is 4.90 Å². The molecule has 0 spiro atoms. The van der Waals surface area contributed by atoms with E-state index in [2.05, 4.69) is 22.1 Å². The molecule has 1 aromatic carbocycles. The van der Waals surface area contributed by atoms with Gasteiger partial charge in [0.1, 0.15) is 12.4 Å². The summed E-state index contributed by atoms with van der Waals surface area (Å²) < 4.78 is 40.2. The van der Waals surface area contributed by atoms with Gasteiger partial charge in [-0.25, -0.2) is 14.2 Å². The minimum Gasteiger partial charge on any atom is -0.353 e. The number of urea groups is 1. The zero-order valence-corrected chi connectivity index (χ0v) is 20.3. The zero-order chi connectivity index (χ0) is 24.5. The number of amides is 2. The molecule has 3 aliphatic heterocycles. The lowest BCUT2D eigenvalue weighted by molar-refractivity contribution is -0.154. The Balaban J connectivity index is 1.37. The van der Waals surface area contributed by atoms with E-state index in [-0.39, 0.29) is 34.7 Å². The van der Waals surface area contributed by atoms with Gasteiger partial charge in [-0.2, -0.15) is 4.39 Å². The van der Waals surface area contributed by atoms with Gasteiger partial charge in [-0.1, -0.05) is 35.0 Å². The van der Waals surface area contributed by atoms with Crippen molar-refractivity contribution >= 4 is 34.9 Å². The fourth-order valence-corrected chi connectivity index (χ4v) is 5.35. The van der Waals surface area contributed by atoms with Gasteiger partial charge in [0.15, 0.2) is 6.29 Å². The standard InChI is InChI=1S/C25H23Cl2F2N3O3/c26-17-11-19(28)20(12-18(17)27)31-25(33)32-15-6-7-21(32)23-14(13-30-24(29)16(23)10-15)4-3-9-35-22-5-1-2-8-34-22/h11-13,15,21-22H,1-2,5-10H2,(H,31,33)/t15-,21+,22?/m0/s1. The Morgan fingerprint density at radius 2 is 2.06 bits per heavy atom. The number of fused-ring (bicyclic) bond motifs is 4. The molecular weight excluding hydrogens is 499 g/mol. The molecule has 2 amide bonds. The van der Waals surface area contributed by atoms with E-state index in [1.807, 2.05) is 0 Å². The van der Waals surface area contributed by atoms with E-state index >= 15 is 0 Å². The van der Waals surface area contributed by atoms with Gasteiger partial charge < -0.3 is 19.7 Å². The van der Waals surface area contributed by atoms with Crippen LogP contribution < -0.4 is 5.32 Å². The van der Waals surface area contributed by atoms with E-state index in [0.29, 0.717) is 42.6 Å². The van der Waals surface area contributed by atoms with Gasteiger partial charge in [-0.05, 0) is 56.2 Å². The van der Waals surface area contributed by atoms with E-state index in [0.717, 1.165) is 25.3 Å². The van der Waals surface area contributed by atoms with Gasteiger partial charge >= 0.3 is 6.03 Å². The van der Waals surface area contributed by atoms with Crippen LogP contribution >= 0.6 is 23.2 Å². The molecular formula is C25H23Cl2F2N3O3. The van der Waals surface area contributed by atoms with E-state index in [9.17, 15) is 13.6 Å². The molecule has 2 bridgehead atoms. The SMILES string of the molecule is O=C(Nc1cc(Cl)c(Cl)cc1F)N1[C@H]2CC[C@@H]1c1c(C#CCOC3CCCCO3)cnc(F)c1C2. The lowest BCUT2D eigenvalue weighted by atomic mass is 9.91. The number of nitrogens with zero attached hydrogens (tertiary/aromatic N) is 2. The summed E-state index contributed by atoms with van der Waals surface area (Å²) in [7, 11) is 0. The van der Waals surface area contributed by atoms with Crippen molar-refractivity contribution in [1.29, 1.82) is 0 Å². The van der Waals surface area contributed by atoms with Crippen molar-refractivity contribution in [3.8, 4) is 11.8 Å². The van der Waals surface area contributed by atoms with Crippen LogP contribution in [0.4, 0.5) is 19.3 Å². The Hall–Kier alpha value is -2.44. The Bertz CT molecular complexity index is 1210. The number of hydrogen-bond donors (Lipinski definition) is 1. The number of aromatic nitrogens is 1. The van der Waals surface area contributed by atoms with Crippen molar-refractivity contribution in [3.05, 3.63) is 56.8 Å². The molecule has 35 heavy (non-hydrogen) atoms. The van der Waals surface area contributed by atoms with E-state index < -0.39 is 23.8 Å². The number of halogens is 4. The zero-order valence-electron chi connectivity index (χ0n) is 18.8. The van der Waals surface area contributed by atoms with Gasteiger partial charge in [0.05, 0.1) is 21.8 Å². The van der Waals surface area contributed by atoms with Crippen molar-refractivity contribution in [2.24, 2.45) is 0 Å². The quantitative estimate of drug-likeness (QED) is 0.312. The van der Waals surface area contributed by atoms with Crippen LogP contribution in [0.3, 0.4) is 0 Å². The second-order valence-electron chi connectivity index (χ2n) is 8.80. The number of pyridine rings is 1. The summed E-state index contributed by atoms with van der Waals surface area (Å²) in [5.74, 6) is 4.77. The lowest BCUT2D eigenvalue weighted by Gasteiger charge is -2.36. The summed E-state index contributed by atoms with van der Waals surface area (Å²) in [6, 6.07) is 1.19. The molecule has 4 heterocycles. The summed E-state index contributed by atoms with van der Waals surface area (Å²) in [6.07, 6.45) is 5.70. The summed E-state index contributed by atoms with van der Waals surface area (Å²) in [6.45, 7) is 0.852. The summed E-state index contributed by atoms with van der Waals surface area (Å²) >= 11 is 11.8. The normalized spacial score (nSPS) is 22.9. The predicted molar refractivity (Wildman–Crippen MR) is 127 cm³/mol. The molecule has 0 aliphatic carbocycles. The molecule has 10 heteroatoms. The van der Waals surface area contributed by atoms with Crippen LogP contribution in [0.2, 0.25) is 10.0 Å². The van der Waals surface area contributed by atoms with Gasteiger partial charge in [0.2, 0.25) is 5.95 Å². The van der Waals surface area contributed by atoms with Crippen LogP contribution in [-0.4, -0.2) is 41.5 Å². The lowest BCUT2D eigenvalue weighted by Crippen LogP contribution is -2.45. The summed E-state index contributed by atoms with van der Waals surface area (Å²) in [4.78, 5) is 18.7. The number of benzene rings is 1. The molecule has 0 saturated carbocycles. The maximum Gasteiger partial charge on any atom is 0.322 e. The average Bonchev–Trinajstić information content (AvgIpc) is 3.16. The highest BCUT2D eigenvalue weighted by Crippen LogP contribution is 2.45. The van der Waals surface area contributed by atoms with Gasteiger partial charge in [-0.3, -0.25) is 0 Å². The number of carbonyl (C=O) groups excluding carboxylic acids is 1. The predicted octanol–water partition coefficient (Wildman–Crippen LogP) is 5.86. The van der Waals surface area contributed by atoms with Crippen LogP contribution in [0.15, 0.2) is 18.3 Å². The molecule has 6 nitrogen and oxygen atoms in total. The molecule has 2 saturated heterocycles. The first-order chi connectivity index (χ1) is 16.9. The second kappa shape index (κ2) is 10.3. The highest BCUT2D eigenvalue weighted by atomic mass is 35.5.